The second kappa shape index (κ2) is 5.72. The van der Waals surface area contributed by atoms with Gasteiger partial charge in [0.2, 0.25) is 0 Å². The molecule has 0 saturated heterocycles. The molecular formula is C11H10ClNO2S. The van der Waals surface area contributed by atoms with Crippen LogP contribution in [0.5, 0.6) is 0 Å². The number of ketones is 1. The molecule has 0 radical (unpaired) electrons. The highest BCUT2D eigenvalue weighted by Gasteiger charge is 2.16. The summed E-state index contributed by atoms with van der Waals surface area (Å²) in [5.41, 5.74) is 0.373. The van der Waals surface area contributed by atoms with E-state index in [4.69, 9.17) is 22.1 Å². The fraction of sp³-hybridized carbons (Fsp3) is 0.0909. The van der Waals surface area contributed by atoms with Crippen molar-refractivity contribution >= 4 is 34.2 Å². The zero-order valence-corrected chi connectivity index (χ0v) is 10.1. The number of aliphatic hydroxyl groups excluding tert-OH is 1. The molecule has 2 N–H and O–H groups in total. The van der Waals surface area contributed by atoms with E-state index in [1.807, 2.05) is 0 Å². The first kappa shape index (κ1) is 12.8. The van der Waals surface area contributed by atoms with Crippen molar-refractivity contribution < 1.29 is 9.90 Å². The summed E-state index contributed by atoms with van der Waals surface area (Å²) in [5.74, 6) is -0.390. The number of benzene rings is 1. The van der Waals surface area contributed by atoms with Crippen LogP contribution in [0.15, 0.2) is 36.1 Å². The molecule has 0 spiro atoms. The topological polar surface area (TPSA) is 61.1 Å². The van der Waals surface area contributed by atoms with Gasteiger partial charge < -0.3 is 5.11 Å². The van der Waals surface area contributed by atoms with Crippen molar-refractivity contribution in [2.24, 2.45) is 0 Å². The van der Waals surface area contributed by atoms with Gasteiger partial charge in [0.15, 0.2) is 5.78 Å². The monoisotopic (exact) mass is 255 g/mol. The van der Waals surface area contributed by atoms with Gasteiger partial charge in [-0.2, -0.15) is 0 Å². The maximum atomic E-state index is 11.9. The SMILES string of the molecule is CSC(=N)C(=CO)C(=O)c1ccc(Cl)cc1. The molecule has 0 unspecified atom stereocenters. The van der Waals surface area contributed by atoms with Crippen LogP contribution in [0.1, 0.15) is 10.4 Å². The minimum absolute atomic E-state index is 0.0187. The molecule has 0 heterocycles. The quantitative estimate of drug-likeness (QED) is 0.286. The second-order valence-corrected chi connectivity index (χ2v) is 4.16. The third kappa shape index (κ3) is 2.87. The van der Waals surface area contributed by atoms with Crippen LogP contribution in [-0.2, 0) is 0 Å². The van der Waals surface area contributed by atoms with Crippen molar-refractivity contribution in [3.05, 3.63) is 46.7 Å². The zero-order valence-electron chi connectivity index (χ0n) is 8.53. The number of nitrogens with one attached hydrogen (secondary N) is 1. The van der Waals surface area contributed by atoms with E-state index >= 15 is 0 Å². The molecule has 16 heavy (non-hydrogen) atoms. The van der Waals surface area contributed by atoms with Crippen LogP contribution < -0.4 is 0 Å². The Morgan fingerprint density at radius 2 is 2.00 bits per heavy atom. The molecule has 0 aliphatic rings. The van der Waals surface area contributed by atoms with E-state index in [2.05, 4.69) is 0 Å². The van der Waals surface area contributed by atoms with E-state index in [9.17, 15) is 4.79 Å². The largest absolute Gasteiger partial charge is 0.515 e. The number of hydrogen-bond acceptors (Lipinski definition) is 4. The van der Waals surface area contributed by atoms with E-state index in [1.165, 1.54) is 0 Å². The summed E-state index contributed by atoms with van der Waals surface area (Å²) >= 11 is 6.79. The highest BCUT2D eigenvalue weighted by molar-refractivity contribution is 8.13. The fourth-order valence-corrected chi connectivity index (χ4v) is 1.58. The zero-order chi connectivity index (χ0) is 12.1. The summed E-state index contributed by atoms with van der Waals surface area (Å²) in [7, 11) is 0. The fourth-order valence-electron chi connectivity index (χ4n) is 1.09. The molecule has 0 saturated carbocycles. The molecule has 1 rings (SSSR count). The molecule has 0 amide bonds. The summed E-state index contributed by atoms with van der Waals surface area (Å²) in [6.07, 6.45) is 2.33. The molecule has 0 fully saturated rings. The Morgan fingerprint density at radius 3 is 2.44 bits per heavy atom. The van der Waals surface area contributed by atoms with Gasteiger partial charge in [-0.1, -0.05) is 11.6 Å². The highest BCUT2D eigenvalue weighted by atomic mass is 35.5. The minimum Gasteiger partial charge on any atom is -0.515 e. The Kier molecular flexibility index (Phi) is 4.58. The molecular weight excluding hydrogens is 246 g/mol. The summed E-state index contributed by atoms with van der Waals surface area (Å²) in [5, 5.41) is 17.0. The van der Waals surface area contributed by atoms with Crippen LogP contribution in [0.4, 0.5) is 0 Å². The average molecular weight is 256 g/mol. The first-order valence-electron chi connectivity index (χ1n) is 4.37. The molecule has 0 atom stereocenters. The van der Waals surface area contributed by atoms with Gasteiger partial charge in [-0.3, -0.25) is 10.2 Å². The number of carbonyl (C=O) groups is 1. The van der Waals surface area contributed by atoms with Crippen LogP contribution in [-0.4, -0.2) is 22.2 Å². The summed E-state index contributed by atoms with van der Waals surface area (Å²) in [6, 6.07) is 6.29. The molecule has 0 aromatic heterocycles. The number of halogens is 1. The predicted octanol–water partition coefficient (Wildman–Crippen LogP) is 3.30. The molecule has 0 aliphatic carbocycles. The third-order valence-electron chi connectivity index (χ3n) is 1.93. The standard InChI is InChI=1S/C11H10ClNO2S/c1-16-11(13)9(6-14)10(15)7-2-4-8(12)5-3-7/h2-6,13-14H,1H3. The van der Waals surface area contributed by atoms with Crippen LogP contribution >= 0.6 is 23.4 Å². The van der Waals surface area contributed by atoms with Crippen molar-refractivity contribution in [1.29, 1.82) is 5.41 Å². The van der Waals surface area contributed by atoms with E-state index in [0.29, 0.717) is 16.8 Å². The number of aliphatic hydroxyl groups is 1. The Balaban J connectivity index is 3.01. The van der Waals surface area contributed by atoms with Gasteiger partial charge >= 0.3 is 0 Å². The van der Waals surface area contributed by atoms with Gasteiger partial charge in [0.1, 0.15) is 5.04 Å². The van der Waals surface area contributed by atoms with Gasteiger partial charge in [-0.15, -0.1) is 11.8 Å². The summed E-state index contributed by atoms with van der Waals surface area (Å²) < 4.78 is 0. The Morgan fingerprint density at radius 1 is 1.44 bits per heavy atom. The van der Waals surface area contributed by atoms with Crippen molar-refractivity contribution in [2.45, 2.75) is 0 Å². The second-order valence-electron chi connectivity index (χ2n) is 2.91. The van der Waals surface area contributed by atoms with Crippen LogP contribution in [0.3, 0.4) is 0 Å². The average Bonchev–Trinajstić information content (AvgIpc) is 2.30. The lowest BCUT2D eigenvalue weighted by molar-refractivity contribution is 0.103. The molecule has 5 heteroatoms. The minimum atomic E-state index is -0.390. The Labute approximate surface area is 103 Å². The lowest BCUT2D eigenvalue weighted by atomic mass is 10.1. The molecule has 84 valence electrons. The molecule has 1 aromatic carbocycles. The molecule has 0 aliphatic heterocycles. The number of thioether (sulfide) groups is 1. The maximum Gasteiger partial charge on any atom is 0.198 e. The smallest absolute Gasteiger partial charge is 0.198 e. The van der Waals surface area contributed by atoms with Gasteiger partial charge in [-0.05, 0) is 30.5 Å². The molecule has 3 nitrogen and oxygen atoms in total. The van der Waals surface area contributed by atoms with Gasteiger partial charge in [0.25, 0.3) is 0 Å². The van der Waals surface area contributed by atoms with Crippen LogP contribution in [0.2, 0.25) is 5.02 Å². The van der Waals surface area contributed by atoms with Crippen molar-refractivity contribution in [2.75, 3.05) is 6.26 Å². The van der Waals surface area contributed by atoms with Gasteiger partial charge in [0, 0.05) is 10.6 Å². The number of rotatable bonds is 3. The van der Waals surface area contributed by atoms with E-state index in [-0.39, 0.29) is 10.6 Å². The van der Waals surface area contributed by atoms with E-state index in [1.54, 1.807) is 30.5 Å². The number of hydrogen-bond donors (Lipinski definition) is 2. The van der Waals surface area contributed by atoms with Crippen molar-refractivity contribution in [3.63, 3.8) is 0 Å². The number of Topliss-reactive ketones (excluding diaryl/α,β-unsaturated/α-hetero) is 1. The predicted molar refractivity (Wildman–Crippen MR) is 67.7 cm³/mol. The van der Waals surface area contributed by atoms with E-state index in [0.717, 1.165) is 11.8 Å². The van der Waals surface area contributed by atoms with Crippen molar-refractivity contribution in [1.82, 2.24) is 0 Å². The van der Waals surface area contributed by atoms with Crippen LogP contribution in [0.25, 0.3) is 0 Å². The first-order valence-corrected chi connectivity index (χ1v) is 5.98. The Hall–Kier alpha value is -1.26. The summed E-state index contributed by atoms with van der Waals surface area (Å²) in [6.45, 7) is 0. The third-order valence-corrected chi connectivity index (χ3v) is 2.81. The molecule has 0 bridgehead atoms. The molecule has 1 aromatic rings. The normalized spacial score (nSPS) is 11.2. The van der Waals surface area contributed by atoms with Crippen molar-refractivity contribution in [3.8, 4) is 0 Å². The highest BCUT2D eigenvalue weighted by Crippen LogP contribution is 2.16. The Bertz CT molecular complexity index is 440. The lowest BCUT2D eigenvalue weighted by Crippen LogP contribution is -2.10. The van der Waals surface area contributed by atoms with Gasteiger partial charge in [0.05, 0.1) is 11.8 Å². The number of carbonyl (C=O) groups excluding carboxylic acids is 1. The summed E-state index contributed by atoms with van der Waals surface area (Å²) in [4.78, 5) is 11.9. The maximum absolute atomic E-state index is 11.9. The van der Waals surface area contributed by atoms with Gasteiger partial charge in [-0.25, -0.2) is 0 Å². The van der Waals surface area contributed by atoms with E-state index < -0.39 is 5.78 Å². The first-order chi connectivity index (χ1) is 7.60. The lowest BCUT2D eigenvalue weighted by Gasteiger charge is -2.04. The van der Waals surface area contributed by atoms with Crippen LogP contribution in [0, 0.1) is 5.41 Å².